The van der Waals surface area contributed by atoms with Gasteiger partial charge in [0.1, 0.15) is 5.82 Å². The zero-order chi connectivity index (χ0) is 17.4. The highest BCUT2D eigenvalue weighted by atomic mass is 35.5. The van der Waals surface area contributed by atoms with Crippen LogP contribution in [0.4, 0.5) is 0 Å². The van der Waals surface area contributed by atoms with E-state index >= 15 is 0 Å². The van der Waals surface area contributed by atoms with E-state index in [-0.39, 0.29) is 18.0 Å². The van der Waals surface area contributed by atoms with Gasteiger partial charge in [0.25, 0.3) is 5.56 Å². The van der Waals surface area contributed by atoms with Crippen molar-refractivity contribution in [3.05, 3.63) is 34.1 Å². The number of rotatable bonds is 5. The fourth-order valence-electron chi connectivity index (χ4n) is 3.92. The molecule has 2 fully saturated rings. The number of hydrogen-bond donors (Lipinski definition) is 2. The third kappa shape index (κ3) is 4.35. The van der Waals surface area contributed by atoms with Crippen LogP contribution in [-0.4, -0.2) is 25.8 Å². The average Bonchev–Trinajstić information content (AvgIpc) is 3.32. The van der Waals surface area contributed by atoms with Gasteiger partial charge in [0.2, 0.25) is 0 Å². The number of nitrogens with one attached hydrogen (secondary N) is 1. The van der Waals surface area contributed by atoms with Crippen LogP contribution in [0.2, 0.25) is 0 Å². The van der Waals surface area contributed by atoms with E-state index in [1.807, 2.05) is 17.9 Å². The number of H-pyrrole nitrogens is 1. The minimum absolute atomic E-state index is 0. The first-order chi connectivity index (χ1) is 12.1. The van der Waals surface area contributed by atoms with E-state index in [9.17, 15) is 4.79 Å². The van der Waals surface area contributed by atoms with Crippen LogP contribution in [0, 0.1) is 11.8 Å². The number of aromatic amines is 1. The van der Waals surface area contributed by atoms with Crippen molar-refractivity contribution in [1.82, 2.24) is 19.7 Å². The van der Waals surface area contributed by atoms with Crippen molar-refractivity contribution < 1.29 is 0 Å². The molecule has 2 aromatic rings. The van der Waals surface area contributed by atoms with Gasteiger partial charge >= 0.3 is 0 Å². The first kappa shape index (κ1) is 19.1. The van der Waals surface area contributed by atoms with E-state index in [2.05, 4.69) is 10.1 Å². The molecule has 2 aliphatic carbocycles. The number of hydrogen-bond acceptors (Lipinski definition) is 4. The molecule has 0 bridgehead atoms. The summed E-state index contributed by atoms with van der Waals surface area (Å²) in [6.45, 7) is 0. The Hall–Kier alpha value is -1.66. The summed E-state index contributed by atoms with van der Waals surface area (Å²) in [4.78, 5) is 19.9. The molecule has 4 rings (SSSR count). The Labute approximate surface area is 160 Å². The molecule has 0 unspecified atom stereocenters. The minimum Gasteiger partial charge on any atom is -0.328 e. The molecule has 0 spiro atoms. The van der Waals surface area contributed by atoms with Crippen LogP contribution in [0.15, 0.2) is 17.1 Å². The van der Waals surface area contributed by atoms with Crippen LogP contribution in [0.3, 0.4) is 0 Å². The Balaban J connectivity index is 0.00000196. The normalized spacial score (nSPS) is 22.8. The Morgan fingerprint density at radius 2 is 1.81 bits per heavy atom. The van der Waals surface area contributed by atoms with E-state index < -0.39 is 0 Å². The molecule has 0 aliphatic heterocycles. The zero-order valence-electron chi connectivity index (χ0n) is 15.3. The SMILES string of the molecule is Cl.Cn1ncc(-c2cc(=O)[nH]c(CC3CCC(N)CC3)n2)c1CC1CC1. The Morgan fingerprint density at radius 1 is 1.15 bits per heavy atom. The van der Waals surface area contributed by atoms with Crippen LogP contribution in [0.1, 0.15) is 50.0 Å². The van der Waals surface area contributed by atoms with Gasteiger partial charge in [-0.25, -0.2) is 4.98 Å². The molecule has 0 saturated heterocycles. The largest absolute Gasteiger partial charge is 0.328 e. The predicted molar refractivity (Wildman–Crippen MR) is 104 cm³/mol. The molecule has 2 saturated carbocycles. The summed E-state index contributed by atoms with van der Waals surface area (Å²) in [7, 11) is 1.97. The molecule has 2 heterocycles. The molecule has 26 heavy (non-hydrogen) atoms. The molecule has 3 N–H and O–H groups in total. The molecule has 0 aromatic carbocycles. The maximum atomic E-state index is 12.2. The van der Waals surface area contributed by atoms with Gasteiger partial charge in [0, 0.05) is 36.8 Å². The summed E-state index contributed by atoms with van der Waals surface area (Å²) >= 11 is 0. The number of aromatic nitrogens is 4. The summed E-state index contributed by atoms with van der Waals surface area (Å²) in [5.74, 6) is 2.13. The molecule has 6 nitrogen and oxygen atoms in total. The molecular weight excluding hydrogens is 350 g/mol. The van der Waals surface area contributed by atoms with E-state index in [0.717, 1.165) is 61.5 Å². The summed E-state index contributed by atoms with van der Waals surface area (Å²) in [6.07, 6.45) is 10.7. The second-order valence-corrected chi connectivity index (χ2v) is 7.84. The third-order valence-electron chi connectivity index (χ3n) is 5.68. The number of aryl methyl sites for hydroxylation is 1. The quantitative estimate of drug-likeness (QED) is 0.838. The van der Waals surface area contributed by atoms with Gasteiger partial charge in [-0.1, -0.05) is 0 Å². The Morgan fingerprint density at radius 3 is 2.50 bits per heavy atom. The van der Waals surface area contributed by atoms with Crippen molar-refractivity contribution in [3.8, 4) is 11.3 Å². The molecule has 2 aromatic heterocycles. The van der Waals surface area contributed by atoms with Crippen LogP contribution in [-0.2, 0) is 19.9 Å². The number of halogens is 1. The fourth-order valence-corrected chi connectivity index (χ4v) is 3.92. The smallest absolute Gasteiger partial charge is 0.251 e. The zero-order valence-corrected chi connectivity index (χ0v) is 16.1. The minimum atomic E-state index is -0.0752. The van der Waals surface area contributed by atoms with Crippen molar-refractivity contribution in [2.24, 2.45) is 24.6 Å². The lowest BCUT2D eigenvalue weighted by Crippen LogP contribution is -2.28. The number of nitrogens with zero attached hydrogens (tertiary/aromatic N) is 3. The van der Waals surface area contributed by atoms with Crippen LogP contribution in [0.25, 0.3) is 11.3 Å². The van der Waals surface area contributed by atoms with Crippen molar-refractivity contribution >= 4 is 12.4 Å². The fraction of sp³-hybridized carbons (Fsp3) is 0.632. The molecule has 7 heteroatoms. The number of nitrogens with two attached hydrogens (primary N) is 1. The Kier molecular flexibility index (Phi) is 5.82. The molecule has 0 atom stereocenters. The topological polar surface area (TPSA) is 89.6 Å². The molecule has 142 valence electrons. The van der Waals surface area contributed by atoms with E-state index in [4.69, 9.17) is 10.7 Å². The highest BCUT2D eigenvalue weighted by Crippen LogP contribution is 2.35. The Bertz CT molecular complexity index is 803. The summed E-state index contributed by atoms with van der Waals surface area (Å²) in [5, 5.41) is 4.41. The van der Waals surface area contributed by atoms with Crippen molar-refractivity contribution in [1.29, 1.82) is 0 Å². The highest BCUT2D eigenvalue weighted by molar-refractivity contribution is 5.85. The van der Waals surface area contributed by atoms with Crippen molar-refractivity contribution in [2.75, 3.05) is 0 Å². The predicted octanol–water partition coefficient (Wildman–Crippen LogP) is 2.60. The second-order valence-electron chi connectivity index (χ2n) is 7.84. The van der Waals surface area contributed by atoms with Gasteiger partial charge in [-0.3, -0.25) is 9.48 Å². The van der Waals surface area contributed by atoms with E-state index in [1.165, 1.54) is 18.5 Å². The second kappa shape index (κ2) is 7.92. The molecule has 0 radical (unpaired) electrons. The summed E-state index contributed by atoms with van der Waals surface area (Å²) in [6, 6.07) is 1.95. The highest BCUT2D eigenvalue weighted by Gasteiger charge is 2.26. The van der Waals surface area contributed by atoms with Gasteiger partial charge in [-0.2, -0.15) is 5.10 Å². The van der Waals surface area contributed by atoms with Crippen molar-refractivity contribution in [2.45, 2.75) is 57.4 Å². The maximum Gasteiger partial charge on any atom is 0.251 e. The van der Waals surface area contributed by atoms with E-state index in [1.54, 1.807) is 6.07 Å². The average molecular weight is 378 g/mol. The molecular formula is C19H28ClN5O. The first-order valence-electron chi connectivity index (χ1n) is 9.45. The van der Waals surface area contributed by atoms with Crippen molar-refractivity contribution in [3.63, 3.8) is 0 Å². The maximum absolute atomic E-state index is 12.2. The van der Waals surface area contributed by atoms with Gasteiger partial charge in [0.05, 0.1) is 11.9 Å². The summed E-state index contributed by atoms with van der Waals surface area (Å²) < 4.78 is 1.93. The van der Waals surface area contributed by atoms with Crippen LogP contribution in [0.5, 0.6) is 0 Å². The first-order valence-corrected chi connectivity index (χ1v) is 9.45. The lowest BCUT2D eigenvalue weighted by Gasteiger charge is -2.25. The van der Waals surface area contributed by atoms with Gasteiger partial charge in [0.15, 0.2) is 0 Å². The molecule has 0 amide bonds. The lowest BCUT2D eigenvalue weighted by molar-refractivity contribution is 0.321. The van der Waals surface area contributed by atoms with Gasteiger partial charge < -0.3 is 10.7 Å². The van der Waals surface area contributed by atoms with Crippen LogP contribution < -0.4 is 11.3 Å². The molecule has 2 aliphatic rings. The lowest BCUT2D eigenvalue weighted by atomic mass is 9.84. The van der Waals surface area contributed by atoms with Gasteiger partial charge in [-0.05, 0) is 56.8 Å². The monoisotopic (exact) mass is 377 g/mol. The third-order valence-corrected chi connectivity index (χ3v) is 5.68. The standard InChI is InChI=1S/C19H27N5O.ClH/c1-24-17(8-12-2-3-12)15(11-21-24)16-10-19(25)23-18(22-16)9-13-4-6-14(20)7-5-13;/h10-14H,2-9,20H2,1H3,(H,22,23,25);1H. The summed E-state index contributed by atoms with van der Waals surface area (Å²) in [5.41, 5.74) is 8.88. The van der Waals surface area contributed by atoms with E-state index in [0.29, 0.717) is 12.0 Å². The van der Waals surface area contributed by atoms with Gasteiger partial charge in [-0.15, -0.1) is 12.4 Å². The van der Waals surface area contributed by atoms with Crippen LogP contribution >= 0.6 is 12.4 Å².